The highest BCUT2D eigenvalue weighted by Gasteiger charge is 2.19. The number of aliphatic imine (C=N–C) groups is 1. The molecule has 2 aliphatic rings. The van der Waals surface area contributed by atoms with Gasteiger partial charge in [-0.25, -0.2) is 0 Å². The van der Waals surface area contributed by atoms with E-state index in [9.17, 15) is 0 Å². The first-order valence-electron chi connectivity index (χ1n) is 9.48. The summed E-state index contributed by atoms with van der Waals surface area (Å²) in [5.41, 5.74) is 0. The average molecular weight is 436 g/mol. The van der Waals surface area contributed by atoms with Crippen molar-refractivity contribution >= 4 is 29.9 Å². The summed E-state index contributed by atoms with van der Waals surface area (Å²) in [5, 5.41) is 6.90. The summed E-state index contributed by atoms with van der Waals surface area (Å²) in [6.07, 6.45) is 11.3. The first-order chi connectivity index (χ1) is 10.8. The Morgan fingerprint density at radius 2 is 1.87 bits per heavy atom. The van der Waals surface area contributed by atoms with Crippen molar-refractivity contribution in [3.63, 3.8) is 0 Å². The molecule has 1 aliphatic heterocycles. The van der Waals surface area contributed by atoms with Gasteiger partial charge < -0.3 is 15.5 Å². The lowest BCUT2D eigenvalue weighted by Gasteiger charge is -2.21. The Kier molecular flexibility index (Phi) is 11.3. The van der Waals surface area contributed by atoms with Crippen molar-refractivity contribution in [2.24, 2.45) is 16.8 Å². The first kappa shape index (κ1) is 21.0. The minimum Gasteiger partial charge on any atom is -0.357 e. The van der Waals surface area contributed by atoms with Gasteiger partial charge in [-0.3, -0.25) is 4.99 Å². The monoisotopic (exact) mass is 436 g/mol. The largest absolute Gasteiger partial charge is 0.357 e. The summed E-state index contributed by atoms with van der Waals surface area (Å²) in [7, 11) is 2.21. The number of rotatable bonds is 7. The van der Waals surface area contributed by atoms with Crippen molar-refractivity contribution in [2.45, 2.75) is 58.3 Å². The van der Waals surface area contributed by atoms with Gasteiger partial charge >= 0.3 is 0 Å². The quantitative estimate of drug-likeness (QED) is 0.278. The second kappa shape index (κ2) is 12.3. The Labute approximate surface area is 160 Å². The molecule has 1 heterocycles. The molecule has 5 heteroatoms. The molecule has 1 atom stereocenters. The maximum Gasteiger partial charge on any atom is 0.191 e. The van der Waals surface area contributed by atoms with Crippen LogP contribution in [0.1, 0.15) is 58.3 Å². The minimum atomic E-state index is 0. The van der Waals surface area contributed by atoms with Gasteiger partial charge in [-0.15, -0.1) is 24.0 Å². The maximum absolute atomic E-state index is 4.78. The summed E-state index contributed by atoms with van der Waals surface area (Å²) in [4.78, 5) is 7.19. The van der Waals surface area contributed by atoms with Crippen molar-refractivity contribution in [3.05, 3.63) is 0 Å². The fourth-order valence-corrected chi connectivity index (χ4v) is 3.81. The molecule has 0 aromatic heterocycles. The normalized spacial score (nSPS) is 23.6. The van der Waals surface area contributed by atoms with Gasteiger partial charge in [-0.2, -0.15) is 0 Å². The molecule has 2 N–H and O–H groups in total. The van der Waals surface area contributed by atoms with Crippen LogP contribution < -0.4 is 10.6 Å². The molecule has 136 valence electrons. The van der Waals surface area contributed by atoms with Gasteiger partial charge in [0.25, 0.3) is 0 Å². The average Bonchev–Trinajstić information content (AvgIpc) is 2.95. The number of hydrogen-bond donors (Lipinski definition) is 2. The fourth-order valence-electron chi connectivity index (χ4n) is 3.81. The summed E-state index contributed by atoms with van der Waals surface area (Å²) < 4.78 is 0. The van der Waals surface area contributed by atoms with E-state index < -0.39 is 0 Å². The number of nitrogens with zero attached hydrogens (tertiary/aromatic N) is 2. The molecule has 1 saturated heterocycles. The van der Waals surface area contributed by atoms with Gasteiger partial charge in [-0.1, -0.05) is 32.1 Å². The number of likely N-dealkylation sites (tertiary alicyclic amines) is 1. The summed E-state index contributed by atoms with van der Waals surface area (Å²) in [6.45, 7) is 7.53. The molecule has 2 rings (SSSR count). The molecule has 1 unspecified atom stereocenters. The summed E-state index contributed by atoms with van der Waals surface area (Å²) in [6, 6.07) is 0. The van der Waals surface area contributed by atoms with Crippen LogP contribution in [0.25, 0.3) is 0 Å². The Bertz CT molecular complexity index is 329. The molecular formula is C18H37IN4. The van der Waals surface area contributed by atoms with Crippen molar-refractivity contribution < 1.29 is 0 Å². The van der Waals surface area contributed by atoms with Crippen LogP contribution in [0.2, 0.25) is 0 Å². The van der Waals surface area contributed by atoms with Gasteiger partial charge in [-0.05, 0) is 51.6 Å². The Hall–Kier alpha value is -0.0400. The molecule has 0 amide bonds. The second-order valence-electron chi connectivity index (χ2n) is 7.21. The Morgan fingerprint density at radius 3 is 2.52 bits per heavy atom. The first-order valence-corrected chi connectivity index (χ1v) is 9.48. The highest BCUT2D eigenvalue weighted by Crippen LogP contribution is 2.26. The molecule has 23 heavy (non-hydrogen) atoms. The van der Waals surface area contributed by atoms with E-state index in [1.807, 2.05) is 0 Å². The summed E-state index contributed by atoms with van der Waals surface area (Å²) in [5.74, 6) is 2.74. The van der Waals surface area contributed by atoms with E-state index in [4.69, 9.17) is 4.99 Å². The van der Waals surface area contributed by atoms with Crippen LogP contribution in [0.4, 0.5) is 0 Å². The van der Waals surface area contributed by atoms with E-state index in [1.165, 1.54) is 64.5 Å². The lowest BCUT2D eigenvalue weighted by molar-refractivity contribution is 0.332. The van der Waals surface area contributed by atoms with Gasteiger partial charge in [0.2, 0.25) is 0 Å². The molecule has 0 radical (unpaired) electrons. The minimum absolute atomic E-state index is 0. The van der Waals surface area contributed by atoms with Crippen LogP contribution in [0, 0.1) is 11.8 Å². The zero-order valence-corrected chi connectivity index (χ0v) is 17.5. The van der Waals surface area contributed by atoms with Crippen LogP contribution in [0.15, 0.2) is 4.99 Å². The highest BCUT2D eigenvalue weighted by atomic mass is 127. The van der Waals surface area contributed by atoms with E-state index >= 15 is 0 Å². The van der Waals surface area contributed by atoms with Crippen LogP contribution in [0.5, 0.6) is 0 Å². The molecule has 1 saturated carbocycles. The lowest BCUT2D eigenvalue weighted by atomic mass is 9.86. The molecule has 0 aromatic rings. The zero-order chi connectivity index (χ0) is 15.6. The Balaban J connectivity index is 0.00000264. The molecule has 0 spiro atoms. The molecular weight excluding hydrogens is 399 g/mol. The molecule has 2 fully saturated rings. The SMILES string of the molecule is CCNC(=NCC1CCN(C)C1)NCCCC1CCCCC1.I. The standard InChI is InChI=1S/C18H36N4.HI/c1-3-19-18(21-14-17-11-13-22(2)15-17)20-12-7-10-16-8-5-4-6-9-16;/h16-17H,3-15H2,1-2H3,(H2,19,20,21);1H. The van der Waals surface area contributed by atoms with Crippen molar-refractivity contribution in [1.82, 2.24) is 15.5 Å². The van der Waals surface area contributed by atoms with Crippen LogP contribution in [-0.4, -0.2) is 50.6 Å². The molecule has 0 bridgehead atoms. The van der Waals surface area contributed by atoms with Gasteiger partial charge in [0.1, 0.15) is 0 Å². The molecule has 0 aromatic carbocycles. The second-order valence-corrected chi connectivity index (χ2v) is 7.21. The van der Waals surface area contributed by atoms with Gasteiger partial charge in [0.15, 0.2) is 5.96 Å². The van der Waals surface area contributed by atoms with Crippen molar-refractivity contribution in [3.8, 4) is 0 Å². The van der Waals surface area contributed by atoms with Gasteiger partial charge in [0.05, 0.1) is 0 Å². The zero-order valence-electron chi connectivity index (χ0n) is 15.1. The highest BCUT2D eigenvalue weighted by molar-refractivity contribution is 14.0. The van der Waals surface area contributed by atoms with E-state index in [1.54, 1.807) is 0 Å². The third-order valence-corrected chi connectivity index (χ3v) is 5.15. The number of halogens is 1. The maximum atomic E-state index is 4.78. The molecule has 4 nitrogen and oxygen atoms in total. The third-order valence-electron chi connectivity index (χ3n) is 5.15. The predicted molar refractivity (Wildman–Crippen MR) is 111 cm³/mol. The van der Waals surface area contributed by atoms with Crippen LogP contribution in [0.3, 0.4) is 0 Å². The van der Waals surface area contributed by atoms with E-state index in [-0.39, 0.29) is 24.0 Å². The van der Waals surface area contributed by atoms with Crippen LogP contribution in [-0.2, 0) is 0 Å². The van der Waals surface area contributed by atoms with E-state index in [2.05, 4.69) is 29.5 Å². The van der Waals surface area contributed by atoms with Crippen molar-refractivity contribution in [2.75, 3.05) is 39.8 Å². The molecule has 1 aliphatic carbocycles. The predicted octanol–water partition coefficient (Wildman–Crippen LogP) is 3.47. The lowest BCUT2D eigenvalue weighted by Crippen LogP contribution is -2.38. The third kappa shape index (κ3) is 8.57. The van der Waals surface area contributed by atoms with Crippen LogP contribution >= 0.6 is 24.0 Å². The smallest absolute Gasteiger partial charge is 0.191 e. The number of guanidine groups is 1. The number of hydrogen-bond acceptors (Lipinski definition) is 2. The van der Waals surface area contributed by atoms with E-state index in [0.717, 1.165) is 37.4 Å². The number of nitrogens with one attached hydrogen (secondary N) is 2. The van der Waals surface area contributed by atoms with Gasteiger partial charge in [0, 0.05) is 26.2 Å². The summed E-state index contributed by atoms with van der Waals surface area (Å²) >= 11 is 0. The fraction of sp³-hybridized carbons (Fsp3) is 0.944. The topological polar surface area (TPSA) is 39.7 Å². The van der Waals surface area contributed by atoms with Crippen molar-refractivity contribution in [1.29, 1.82) is 0 Å². The Morgan fingerprint density at radius 1 is 1.09 bits per heavy atom. The van der Waals surface area contributed by atoms with E-state index in [0.29, 0.717) is 0 Å².